The first-order valence-electron chi connectivity index (χ1n) is 15.6. The maximum absolute atomic E-state index is 14.2. The molecule has 0 fully saturated rings. The summed E-state index contributed by atoms with van der Waals surface area (Å²) in [6.45, 7) is 5.72. The molecule has 4 aromatic rings. The van der Waals surface area contributed by atoms with E-state index >= 15 is 0 Å². The number of nitrogens with one attached hydrogen (secondary N) is 2. The van der Waals surface area contributed by atoms with Gasteiger partial charge >= 0.3 is 0 Å². The van der Waals surface area contributed by atoms with Gasteiger partial charge in [-0.25, -0.2) is 21.5 Å². The Bertz CT molecular complexity index is 1900. The van der Waals surface area contributed by atoms with E-state index in [1.165, 1.54) is 18.2 Å². The molecule has 0 saturated carbocycles. The molecule has 0 aliphatic heterocycles. The van der Waals surface area contributed by atoms with Crippen molar-refractivity contribution in [3.63, 3.8) is 0 Å². The van der Waals surface area contributed by atoms with Crippen molar-refractivity contribution in [3.8, 4) is 5.75 Å². The van der Waals surface area contributed by atoms with Gasteiger partial charge in [0.05, 0.1) is 42.6 Å². The highest BCUT2D eigenvalue weighted by molar-refractivity contribution is 7.92. The Morgan fingerprint density at radius 2 is 1.66 bits per heavy atom. The van der Waals surface area contributed by atoms with Gasteiger partial charge in [0.15, 0.2) is 0 Å². The van der Waals surface area contributed by atoms with Crippen molar-refractivity contribution >= 4 is 33.0 Å². The van der Waals surface area contributed by atoms with Crippen molar-refractivity contribution in [1.29, 1.82) is 0 Å². The summed E-state index contributed by atoms with van der Waals surface area (Å²) in [5, 5.41) is 21.3. The number of carbonyl (C=O) groups is 1. The number of amides is 1. The van der Waals surface area contributed by atoms with Gasteiger partial charge in [0, 0.05) is 30.3 Å². The highest BCUT2D eigenvalue weighted by Crippen LogP contribution is 2.30. The molecule has 0 radical (unpaired) electrons. The van der Waals surface area contributed by atoms with Crippen LogP contribution in [-0.2, 0) is 27.8 Å². The Kier molecular flexibility index (Phi) is 13.2. The van der Waals surface area contributed by atoms with Crippen molar-refractivity contribution in [2.75, 3.05) is 30.8 Å². The lowest BCUT2D eigenvalue weighted by Crippen LogP contribution is -2.48. The molecule has 0 unspecified atom stereocenters. The zero-order valence-corrected chi connectivity index (χ0v) is 28.8. The molecular formula is C37H40F2N4O6S. The zero-order chi connectivity index (χ0) is 36.3. The molecular weight excluding hydrogens is 666 g/mol. The van der Waals surface area contributed by atoms with Crippen LogP contribution in [-0.4, -0.2) is 63.8 Å². The second-order valence-electron chi connectivity index (χ2n) is 11.5. The number of benzene rings is 4. The zero-order valence-electron chi connectivity index (χ0n) is 28.0. The monoisotopic (exact) mass is 706 g/mol. The third kappa shape index (κ3) is 10.7. The minimum absolute atomic E-state index is 0.00746. The van der Waals surface area contributed by atoms with E-state index in [9.17, 15) is 27.1 Å². The fourth-order valence-corrected chi connectivity index (χ4v) is 6.20. The van der Waals surface area contributed by atoms with Gasteiger partial charge in [0.25, 0.3) is 5.91 Å². The molecule has 50 heavy (non-hydrogen) atoms. The first-order valence-corrected chi connectivity index (χ1v) is 17.5. The summed E-state index contributed by atoms with van der Waals surface area (Å²) in [6, 6.07) is 22.1. The first kappa shape index (κ1) is 37.7. The van der Waals surface area contributed by atoms with Gasteiger partial charge in [-0.1, -0.05) is 48.1 Å². The second kappa shape index (κ2) is 17.5. The van der Waals surface area contributed by atoms with Crippen molar-refractivity contribution < 1.29 is 36.7 Å². The van der Waals surface area contributed by atoms with E-state index in [1.807, 2.05) is 18.2 Å². The molecule has 0 bridgehead atoms. The molecule has 0 aliphatic rings. The topological polar surface area (TPSA) is 130 Å². The fraction of sp³-hybridized carbons (Fsp3) is 0.243. The Morgan fingerprint density at radius 3 is 2.32 bits per heavy atom. The molecule has 10 nitrogen and oxygen atoms in total. The maximum Gasteiger partial charge on any atom is 0.251 e. The van der Waals surface area contributed by atoms with E-state index in [0.29, 0.717) is 29.3 Å². The molecule has 0 heterocycles. The molecule has 264 valence electrons. The predicted octanol–water partition coefficient (Wildman–Crippen LogP) is 5.49. The minimum atomic E-state index is -3.91. The summed E-state index contributed by atoms with van der Waals surface area (Å²) in [6.07, 6.45) is 1.22. The number of hydrogen-bond donors (Lipinski definition) is 3. The number of para-hydroxylation sites is 1. The number of ether oxygens (including phenoxy) is 1. The number of anilines is 2. The quantitative estimate of drug-likeness (QED) is 0.0574. The number of oxime groups is 1. The SMILES string of the molecule is C=CCO/N=C(/C)c1cc(C(=O)N[C@@H](Cc2cc(F)cc(F)c2)[C@H](O)CNCc2cccc(OC)c2)cc(N(c2ccccc2)S(C)(=O)=O)c1. The molecule has 4 aromatic carbocycles. The van der Waals surface area contributed by atoms with Crippen molar-refractivity contribution in [2.45, 2.75) is 32.0 Å². The van der Waals surface area contributed by atoms with E-state index in [0.717, 1.165) is 34.3 Å². The molecule has 2 atom stereocenters. The molecule has 4 rings (SSSR count). The van der Waals surface area contributed by atoms with Gasteiger partial charge in [0.1, 0.15) is 24.0 Å². The summed E-state index contributed by atoms with van der Waals surface area (Å²) >= 11 is 0. The summed E-state index contributed by atoms with van der Waals surface area (Å²) in [5.41, 5.74) is 2.33. The smallest absolute Gasteiger partial charge is 0.251 e. The van der Waals surface area contributed by atoms with Crippen LogP contribution >= 0.6 is 0 Å². The molecule has 1 amide bonds. The predicted molar refractivity (Wildman–Crippen MR) is 190 cm³/mol. The van der Waals surface area contributed by atoms with Crippen LogP contribution in [0.2, 0.25) is 0 Å². The average Bonchev–Trinajstić information content (AvgIpc) is 3.07. The largest absolute Gasteiger partial charge is 0.497 e. The number of aliphatic hydroxyl groups is 1. The van der Waals surface area contributed by atoms with E-state index < -0.39 is 39.7 Å². The summed E-state index contributed by atoms with van der Waals surface area (Å²) in [5.74, 6) is -1.62. The molecule has 13 heteroatoms. The van der Waals surface area contributed by atoms with Gasteiger partial charge in [-0.2, -0.15) is 0 Å². The maximum atomic E-state index is 14.2. The number of nitrogens with zero attached hydrogens (tertiary/aromatic N) is 2. The van der Waals surface area contributed by atoms with Gasteiger partial charge in [-0.05, 0) is 79.1 Å². The Balaban J connectivity index is 1.70. The third-order valence-electron chi connectivity index (χ3n) is 7.52. The third-order valence-corrected chi connectivity index (χ3v) is 8.61. The van der Waals surface area contributed by atoms with Gasteiger partial charge in [-0.3, -0.25) is 4.79 Å². The van der Waals surface area contributed by atoms with Crippen LogP contribution in [0.4, 0.5) is 20.2 Å². The molecule has 0 aromatic heterocycles. The number of hydrogen-bond acceptors (Lipinski definition) is 8. The average molecular weight is 707 g/mol. The Morgan fingerprint density at radius 1 is 0.960 bits per heavy atom. The number of methoxy groups -OCH3 is 1. The highest BCUT2D eigenvalue weighted by Gasteiger charge is 2.26. The molecule has 0 spiro atoms. The number of carbonyl (C=O) groups excluding carboxylic acids is 1. The molecule has 0 aliphatic carbocycles. The van der Waals surface area contributed by atoms with Crippen LogP contribution in [0.5, 0.6) is 5.75 Å². The van der Waals surface area contributed by atoms with Gasteiger partial charge < -0.3 is 25.3 Å². The normalized spacial score (nSPS) is 12.9. The van der Waals surface area contributed by atoms with E-state index in [1.54, 1.807) is 56.5 Å². The van der Waals surface area contributed by atoms with Crippen LogP contribution in [0.15, 0.2) is 109 Å². The van der Waals surface area contributed by atoms with E-state index in [2.05, 4.69) is 22.4 Å². The van der Waals surface area contributed by atoms with Crippen LogP contribution < -0.4 is 19.7 Å². The number of rotatable bonds is 17. The second-order valence-corrected chi connectivity index (χ2v) is 13.3. The number of halogens is 2. The Labute approximate surface area is 291 Å². The Hall–Kier alpha value is -5.11. The number of sulfonamides is 1. The summed E-state index contributed by atoms with van der Waals surface area (Å²) < 4.78 is 60.9. The standard InChI is InChI=1S/C37H40F2N4O6S/c1-5-14-49-42-25(2)28-19-29(21-33(20-28)43(50(4,46)47)32-11-7-6-8-12-32)37(45)41-35(18-27-15-30(38)22-31(39)16-27)36(44)24-40-23-26-10-9-13-34(17-26)48-3/h5-13,15-17,19-22,35-36,40,44H,1,14,18,23-24H2,2-4H3,(H,41,45)/b42-25-/t35-,36+/m0/s1. The minimum Gasteiger partial charge on any atom is -0.497 e. The first-order chi connectivity index (χ1) is 23.9. The van der Waals surface area contributed by atoms with Gasteiger partial charge in [0.2, 0.25) is 10.0 Å². The van der Waals surface area contributed by atoms with Crippen LogP contribution in [0.1, 0.15) is 34.0 Å². The van der Waals surface area contributed by atoms with Crippen LogP contribution in [0.3, 0.4) is 0 Å². The van der Waals surface area contributed by atoms with Crippen molar-refractivity contribution in [3.05, 3.63) is 138 Å². The van der Waals surface area contributed by atoms with Crippen LogP contribution in [0, 0.1) is 11.6 Å². The van der Waals surface area contributed by atoms with E-state index in [-0.39, 0.29) is 36.4 Å². The summed E-state index contributed by atoms with van der Waals surface area (Å²) in [4.78, 5) is 19.2. The lowest BCUT2D eigenvalue weighted by atomic mass is 9.99. The van der Waals surface area contributed by atoms with E-state index in [4.69, 9.17) is 9.57 Å². The van der Waals surface area contributed by atoms with Gasteiger partial charge in [-0.15, -0.1) is 0 Å². The summed E-state index contributed by atoms with van der Waals surface area (Å²) in [7, 11) is -2.35. The molecule has 3 N–H and O–H groups in total. The van der Waals surface area contributed by atoms with Crippen molar-refractivity contribution in [2.24, 2.45) is 5.16 Å². The molecule has 0 saturated heterocycles. The lowest BCUT2D eigenvalue weighted by molar-refractivity contribution is 0.0830. The highest BCUT2D eigenvalue weighted by atomic mass is 32.2. The van der Waals surface area contributed by atoms with Crippen LogP contribution in [0.25, 0.3) is 0 Å². The fourth-order valence-electron chi connectivity index (χ4n) is 5.21. The van der Waals surface area contributed by atoms with Crippen molar-refractivity contribution in [1.82, 2.24) is 10.6 Å². The number of aliphatic hydroxyl groups excluding tert-OH is 1. The lowest BCUT2D eigenvalue weighted by Gasteiger charge is -2.26.